The Morgan fingerprint density at radius 2 is 1.32 bits per heavy atom. The molecular formula is C21H38N2O5. The molecule has 0 aliphatic carbocycles. The molecule has 7 N–H and O–H groups in total. The van der Waals surface area contributed by atoms with Crippen LogP contribution in [-0.4, -0.2) is 51.2 Å². The van der Waals surface area contributed by atoms with Crippen molar-refractivity contribution in [1.29, 1.82) is 0 Å². The zero-order valence-electron chi connectivity index (χ0n) is 17.0. The standard InChI is InChI=1S/C21H38N2O5/c1-2-3-4-5-6-7-8-9-17-18(13-23-15-21(27)28)16(10-11-19(17)24)12-22-14-20(25)26/h10-11,20-28H,2-9,12-15H2,1H3. The van der Waals surface area contributed by atoms with E-state index in [1.807, 2.05) is 6.07 Å². The molecule has 0 heterocycles. The molecule has 0 unspecified atom stereocenters. The summed E-state index contributed by atoms with van der Waals surface area (Å²) in [4.78, 5) is 0. The third kappa shape index (κ3) is 10.4. The van der Waals surface area contributed by atoms with E-state index < -0.39 is 12.6 Å². The van der Waals surface area contributed by atoms with Crippen LogP contribution in [0.4, 0.5) is 0 Å². The van der Waals surface area contributed by atoms with Gasteiger partial charge >= 0.3 is 0 Å². The zero-order valence-corrected chi connectivity index (χ0v) is 17.0. The van der Waals surface area contributed by atoms with Crippen LogP contribution >= 0.6 is 0 Å². The van der Waals surface area contributed by atoms with Gasteiger partial charge in [0, 0.05) is 26.2 Å². The van der Waals surface area contributed by atoms with Crippen molar-refractivity contribution in [2.75, 3.05) is 13.1 Å². The van der Waals surface area contributed by atoms with E-state index in [9.17, 15) is 5.11 Å². The van der Waals surface area contributed by atoms with E-state index in [0.717, 1.165) is 36.0 Å². The summed E-state index contributed by atoms with van der Waals surface area (Å²) >= 11 is 0. The minimum Gasteiger partial charge on any atom is -0.508 e. The SMILES string of the molecule is CCCCCCCCCc1c(O)ccc(CNCC(O)O)c1CNCC(O)O. The van der Waals surface area contributed by atoms with Gasteiger partial charge in [0.1, 0.15) is 5.75 Å². The Balaban J connectivity index is 2.73. The van der Waals surface area contributed by atoms with Crippen molar-refractivity contribution in [3.63, 3.8) is 0 Å². The van der Waals surface area contributed by atoms with Crippen molar-refractivity contribution in [3.8, 4) is 5.75 Å². The molecule has 0 atom stereocenters. The highest BCUT2D eigenvalue weighted by Gasteiger charge is 2.14. The summed E-state index contributed by atoms with van der Waals surface area (Å²) in [5.74, 6) is 0.248. The van der Waals surface area contributed by atoms with E-state index in [4.69, 9.17) is 20.4 Å². The lowest BCUT2D eigenvalue weighted by Gasteiger charge is -2.18. The van der Waals surface area contributed by atoms with Crippen LogP contribution in [0.3, 0.4) is 0 Å². The second-order valence-corrected chi connectivity index (χ2v) is 7.30. The number of benzene rings is 1. The summed E-state index contributed by atoms with van der Waals surface area (Å²) in [6.07, 6.45) is 6.24. The molecule has 0 fully saturated rings. The smallest absolute Gasteiger partial charge is 0.164 e. The lowest BCUT2D eigenvalue weighted by atomic mass is 9.95. The van der Waals surface area contributed by atoms with E-state index in [1.54, 1.807) is 6.07 Å². The maximum Gasteiger partial charge on any atom is 0.164 e. The second kappa shape index (κ2) is 14.7. The second-order valence-electron chi connectivity index (χ2n) is 7.30. The van der Waals surface area contributed by atoms with Gasteiger partial charge in [-0.2, -0.15) is 0 Å². The molecule has 162 valence electrons. The monoisotopic (exact) mass is 398 g/mol. The number of hydrogen-bond acceptors (Lipinski definition) is 7. The predicted molar refractivity (Wildman–Crippen MR) is 110 cm³/mol. The first kappa shape index (κ1) is 24.8. The fraction of sp³-hybridized carbons (Fsp3) is 0.714. The summed E-state index contributed by atoms with van der Waals surface area (Å²) in [5, 5.41) is 52.5. The number of aliphatic hydroxyl groups is 4. The molecular weight excluding hydrogens is 360 g/mol. The van der Waals surface area contributed by atoms with Crippen LogP contribution in [0.2, 0.25) is 0 Å². The van der Waals surface area contributed by atoms with Gasteiger partial charge in [-0.25, -0.2) is 0 Å². The van der Waals surface area contributed by atoms with Crippen molar-refractivity contribution in [2.24, 2.45) is 0 Å². The maximum atomic E-state index is 10.4. The predicted octanol–water partition coefficient (Wildman–Crippen LogP) is 1.49. The van der Waals surface area contributed by atoms with Crippen LogP contribution in [0.1, 0.15) is 68.6 Å². The van der Waals surface area contributed by atoms with Gasteiger partial charge in [-0.3, -0.25) is 0 Å². The van der Waals surface area contributed by atoms with Gasteiger partial charge in [0.05, 0.1) is 0 Å². The Labute approximate surface area is 168 Å². The van der Waals surface area contributed by atoms with Crippen LogP contribution in [0, 0.1) is 0 Å². The average molecular weight is 399 g/mol. The molecule has 0 aliphatic rings. The molecule has 0 saturated heterocycles. The molecule has 0 saturated carbocycles. The lowest BCUT2D eigenvalue weighted by molar-refractivity contribution is -0.0383. The molecule has 0 aromatic heterocycles. The molecule has 0 bridgehead atoms. The van der Waals surface area contributed by atoms with Crippen LogP contribution in [-0.2, 0) is 19.5 Å². The molecule has 0 amide bonds. The van der Waals surface area contributed by atoms with Crippen molar-refractivity contribution >= 4 is 0 Å². The van der Waals surface area contributed by atoms with Gasteiger partial charge in [-0.1, -0.05) is 51.5 Å². The summed E-state index contributed by atoms with van der Waals surface area (Å²) in [6.45, 7) is 3.12. The molecule has 7 nitrogen and oxygen atoms in total. The number of hydrogen-bond donors (Lipinski definition) is 7. The largest absolute Gasteiger partial charge is 0.508 e. The van der Waals surface area contributed by atoms with Gasteiger partial charge < -0.3 is 36.2 Å². The molecule has 28 heavy (non-hydrogen) atoms. The number of rotatable bonds is 16. The van der Waals surface area contributed by atoms with Crippen molar-refractivity contribution in [3.05, 3.63) is 28.8 Å². The van der Waals surface area contributed by atoms with E-state index >= 15 is 0 Å². The third-order valence-electron chi connectivity index (χ3n) is 4.80. The van der Waals surface area contributed by atoms with Gasteiger partial charge in [0.2, 0.25) is 0 Å². The van der Waals surface area contributed by atoms with E-state index in [-0.39, 0.29) is 18.8 Å². The fourth-order valence-electron chi connectivity index (χ4n) is 3.32. The van der Waals surface area contributed by atoms with Gasteiger partial charge in [0.15, 0.2) is 12.6 Å². The lowest BCUT2D eigenvalue weighted by Crippen LogP contribution is -2.29. The molecule has 0 aliphatic heterocycles. The van der Waals surface area contributed by atoms with Crippen LogP contribution < -0.4 is 10.6 Å². The van der Waals surface area contributed by atoms with Crippen LogP contribution in [0.15, 0.2) is 12.1 Å². The average Bonchev–Trinajstić information content (AvgIpc) is 2.63. The van der Waals surface area contributed by atoms with Crippen LogP contribution in [0.5, 0.6) is 5.75 Å². The maximum absolute atomic E-state index is 10.4. The van der Waals surface area contributed by atoms with Crippen molar-refractivity contribution in [1.82, 2.24) is 10.6 Å². The Hall–Kier alpha value is -1.22. The number of aromatic hydroxyl groups is 1. The molecule has 1 aromatic carbocycles. The highest BCUT2D eigenvalue weighted by atomic mass is 16.5. The molecule has 7 heteroatoms. The molecule has 0 spiro atoms. The number of phenolic OH excluding ortho intramolecular Hbond substituents is 1. The van der Waals surface area contributed by atoms with Crippen molar-refractivity contribution in [2.45, 2.75) is 84.0 Å². The highest BCUT2D eigenvalue weighted by Crippen LogP contribution is 2.27. The van der Waals surface area contributed by atoms with E-state index in [0.29, 0.717) is 13.1 Å². The summed E-state index contributed by atoms with van der Waals surface area (Å²) < 4.78 is 0. The summed E-state index contributed by atoms with van der Waals surface area (Å²) in [7, 11) is 0. The number of nitrogens with one attached hydrogen (secondary N) is 2. The molecule has 1 aromatic rings. The minimum absolute atomic E-state index is 0.0365. The summed E-state index contributed by atoms with van der Waals surface area (Å²) in [6, 6.07) is 3.49. The molecule has 1 rings (SSSR count). The Morgan fingerprint density at radius 3 is 1.93 bits per heavy atom. The topological polar surface area (TPSA) is 125 Å². The van der Waals surface area contributed by atoms with Crippen molar-refractivity contribution < 1.29 is 25.5 Å². The van der Waals surface area contributed by atoms with Crippen LogP contribution in [0.25, 0.3) is 0 Å². The summed E-state index contributed by atoms with van der Waals surface area (Å²) in [5.41, 5.74) is 2.74. The number of aliphatic hydroxyl groups excluding tert-OH is 2. The first-order chi connectivity index (χ1) is 13.5. The van der Waals surface area contributed by atoms with E-state index in [2.05, 4.69) is 17.6 Å². The highest BCUT2D eigenvalue weighted by molar-refractivity contribution is 5.44. The minimum atomic E-state index is -1.44. The van der Waals surface area contributed by atoms with Gasteiger partial charge in [0.25, 0.3) is 0 Å². The Morgan fingerprint density at radius 1 is 0.750 bits per heavy atom. The first-order valence-corrected chi connectivity index (χ1v) is 10.4. The molecule has 0 radical (unpaired) electrons. The fourth-order valence-corrected chi connectivity index (χ4v) is 3.32. The normalized spacial score (nSPS) is 11.7. The third-order valence-corrected chi connectivity index (χ3v) is 4.80. The Kier molecular flexibility index (Phi) is 13.1. The number of unbranched alkanes of at least 4 members (excludes halogenated alkanes) is 6. The quantitative estimate of drug-likeness (QED) is 0.166. The first-order valence-electron chi connectivity index (χ1n) is 10.4. The van der Waals surface area contributed by atoms with E-state index in [1.165, 1.54) is 32.1 Å². The zero-order chi connectivity index (χ0) is 20.8. The van der Waals surface area contributed by atoms with Gasteiger partial charge in [-0.05, 0) is 35.6 Å². The Bertz CT molecular complexity index is 538. The van der Waals surface area contributed by atoms with Gasteiger partial charge in [-0.15, -0.1) is 0 Å². The number of phenols is 1.